The maximum atomic E-state index is 2.71. The molecular weight excluding hydrogens is 234 g/mol. The predicted octanol–water partition coefficient (Wildman–Crippen LogP) is 2.51. The monoisotopic (exact) mass is 264 g/mol. The third-order valence-corrected chi connectivity index (χ3v) is 4.92. The van der Waals surface area contributed by atoms with Crippen LogP contribution in [0.4, 0.5) is 0 Å². The SMILES string of the molecule is C1CCN(C(N2CCCCC2)=[N+]2CCCCC2)CC1. The molecule has 0 aromatic carbocycles. The lowest BCUT2D eigenvalue weighted by atomic mass is 10.1. The van der Waals surface area contributed by atoms with Gasteiger partial charge in [-0.15, -0.1) is 0 Å². The van der Waals surface area contributed by atoms with E-state index in [0.717, 1.165) is 0 Å². The summed E-state index contributed by atoms with van der Waals surface area (Å²) in [5.74, 6) is 1.61. The van der Waals surface area contributed by atoms with Gasteiger partial charge in [0.25, 0.3) is 0 Å². The molecule has 0 unspecified atom stereocenters. The number of hydrogen-bond donors (Lipinski definition) is 0. The molecule has 3 nitrogen and oxygen atoms in total. The summed E-state index contributed by atoms with van der Waals surface area (Å²) in [7, 11) is 0. The smallest absolute Gasteiger partial charge is 0.265 e. The molecule has 3 aliphatic heterocycles. The van der Waals surface area contributed by atoms with Gasteiger partial charge in [0.2, 0.25) is 0 Å². The minimum atomic E-state index is 1.29. The van der Waals surface area contributed by atoms with Crippen LogP contribution in [0, 0.1) is 0 Å². The summed E-state index contributed by atoms with van der Waals surface area (Å²) in [5, 5.41) is 0. The molecule has 3 heteroatoms. The topological polar surface area (TPSA) is 9.49 Å². The minimum Gasteiger partial charge on any atom is -0.265 e. The van der Waals surface area contributed by atoms with E-state index in [9.17, 15) is 0 Å². The van der Waals surface area contributed by atoms with Crippen LogP contribution in [0.2, 0.25) is 0 Å². The Morgan fingerprint density at radius 3 is 1.42 bits per heavy atom. The van der Waals surface area contributed by atoms with Crippen LogP contribution in [-0.4, -0.2) is 59.6 Å². The van der Waals surface area contributed by atoms with Crippen molar-refractivity contribution in [3.05, 3.63) is 0 Å². The van der Waals surface area contributed by atoms with Crippen LogP contribution in [0.5, 0.6) is 0 Å². The summed E-state index contributed by atoms with van der Waals surface area (Å²) in [4.78, 5) is 5.42. The Bertz CT molecular complexity index is 284. The molecule has 19 heavy (non-hydrogen) atoms. The first-order chi connectivity index (χ1) is 9.45. The van der Waals surface area contributed by atoms with Crippen LogP contribution < -0.4 is 0 Å². The summed E-state index contributed by atoms with van der Waals surface area (Å²) >= 11 is 0. The summed E-state index contributed by atoms with van der Waals surface area (Å²) in [6.45, 7) is 7.76. The summed E-state index contributed by atoms with van der Waals surface area (Å²) < 4.78 is 2.71. The standard InChI is InChI=1S/C16H30N3/c1-4-10-17(11-5-1)16(18-12-6-2-7-13-18)19-14-8-3-9-15-19/h1-15H2/q+1. The van der Waals surface area contributed by atoms with Gasteiger partial charge < -0.3 is 0 Å². The first kappa shape index (κ1) is 13.3. The van der Waals surface area contributed by atoms with Crippen molar-refractivity contribution in [3.8, 4) is 0 Å². The summed E-state index contributed by atoms with van der Waals surface area (Å²) in [6.07, 6.45) is 12.7. The molecule has 0 radical (unpaired) electrons. The number of piperidine rings is 3. The molecule has 0 bridgehead atoms. The molecule has 3 rings (SSSR count). The van der Waals surface area contributed by atoms with Crippen molar-refractivity contribution in [2.24, 2.45) is 0 Å². The first-order valence-electron chi connectivity index (χ1n) is 8.57. The van der Waals surface area contributed by atoms with Crippen LogP contribution in [0.1, 0.15) is 57.8 Å². The Labute approximate surface area is 118 Å². The van der Waals surface area contributed by atoms with Gasteiger partial charge in [0.05, 0.1) is 39.3 Å². The zero-order valence-electron chi connectivity index (χ0n) is 12.4. The van der Waals surface area contributed by atoms with Gasteiger partial charge in [-0.2, -0.15) is 0 Å². The van der Waals surface area contributed by atoms with Crippen molar-refractivity contribution < 1.29 is 4.58 Å². The number of guanidine groups is 1. The molecule has 3 heterocycles. The largest absolute Gasteiger partial charge is 0.350 e. The third kappa shape index (κ3) is 3.24. The van der Waals surface area contributed by atoms with E-state index >= 15 is 0 Å². The van der Waals surface area contributed by atoms with E-state index in [0.29, 0.717) is 0 Å². The molecule has 108 valence electrons. The average Bonchev–Trinajstić information content (AvgIpc) is 2.51. The highest BCUT2D eigenvalue weighted by atomic mass is 15.4. The Morgan fingerprint density at radius 1 is 0.526 bits per heavy atom. The molecule has 0 amide bonds. The van der Waals surface area contributed by atoms with E-state index in [1.54, 1.807) is 5.96 Å². The van der Waals surface area contributed by atoms with E-state index in [4.69, 9.17) is 0 Å². The van der Waals surface area contributed by atoms with Gasteiger partial charge in [-0.25, -0.2) is 0 Å². The summed E-state index contributed by atoms with van der Waals surface area (Å²) in [5.41, 5.74) is 0. The second-order valence-corrected chi connectivity index (χ2v) is 6.44. The fraction of sp³-hybridized carbons (Fsp3) is 0.938. The van der Waals surface area contributed by atoms with Gasteiger partial charge >= 0.3 is 5.96 Å². The maximum absolute atomic E-state index is 2.71. The van der Waals surface area contributed by atoms with Crippen molar-refractivity contribution in [1.29, 1.82) is 0 Å². The molecule has 0 N–H and O–H groups in total. The number of hydrogen-bond acceptors (Lipinski definition) is 0. The van der Waals surface area contributed by atoms with Crippen molar-refractivity contribution in [2.75, 3.05) is 39.3 Å². The molecule has 0 aliphatic carbocycles. The first-order valence-corrected chi connectivity index (χ1v) is 8.57. The van der Waals surface area contributed by atoms with Crippen LogP contribution in [0.15, 0.2) is 0 Å². The predicted molar refractivity (Wildman–Crippen MR) is 79.7 cm³/mol. The second kappa shape index (κ2) is 6.62. The second-order valence-electron chi connectivity index (χ2n) is 6.44. The Kier molecular flexibility index (Phi) is 4.62. The van der Waals surface area contributed by atoms with Gasteiger partial charge in [-0.1, -0.05) is 0 Å². The molecule has 0 atom stereocenters. The fourth-order valence-electron chi connectivity index (χ4n) is 3.88. The molecular formula is C16H30N3+. The molecule has 0 aromatic heterocycles. The van der Waals surface area contributed by atoms with Gasteiger partial charge in [-0.05, 0) is 57.8 Å². The lowest BCUT2D eigenvalue weighted by Gasteiger charge is -2.35. The quantitative estimate of drug-likeness (QED) is 0.491. The zero-order chi connectivity index (χ0) is 12.9. The Hall–Kier alpha value is -0.730. The number of rotatable bonds is 0. The maximum Gasteiger partial charge on any atom is 0.350 e. The molecule has 3 aliphatic rings. The van der Waals surface area contributed by atoms with Crippen LogP contribution in [0.3, 0.4) is 0 Å². The number of likely N-dealkylation sites (tertiary alicyclic amines) is 2. The van der Waals surface area contributed by atoms with Crippen molar-refractivity contribution in [3.63, 3.8) is 0 Å². The highest BCUT2D eigenvalue weighted by molar-refractivity contribution is 5.75. The normalized spacial score (nSPS) is 25.6. The lowest BCUT2D eigenvalue weighted by Crippen LogP contribution is -2.53. The Morgan fingerprint density at radius 2 is 0.947 bits per heavy atom. The Balaban J connectivity index is 1.80. The van der Waals surface area contributed by atoms with Crippen molar-refractivity contribution >= 4 is 5.96 Å². The van der Waals surface area contributed by atoms with E-state index in [-0.39, 0.29) is 0 Å². The highest BCUT2D eigenvalue weighted by Gasteiger charge is 2.31. The van der Waals surface area contributed by atoms with Gasteiger partial charge in [0, 0.05) is 0 Å². The van der Waals surface area contributed by atoms with E-state index < -0.39 is 0 Å². The zero-order valence-corrected chi connectivity index (χ0v) is 12.4. The van der Waals surface area contributed by atoms with Gasteiger partial charge in [0.1, 0.15) is 0 Å². The molecule has 0 spiro atoms. The van der Waals surface area contributed by atoms with E-state index in [2.05, 4.69) is 14.4 Å². The third-order valence-electron chi connectivity index (χ3n) is 4.92. The molecule has 3 fully saturated rings. The molecule has 0 aromatic rings. The van der Waals surface area contributed by atoms with Crippen LogP contribution in [-0.2, 0) is 0 Å². The van der Waals surface area contributed by atoms with Crippen molar-refractivity contribution in [2.45, 2.75) is 57.8 Å². The highest BCUT2D eigenvalue weighted by Crippen LogP contribution is 2.17. The number of nitrogens with zero attached hydrogens (tertiary/aromatic N) is 3. The lowest BCUT2D eigenvalue weighted by molar-refractivity contribution is -0.547. The van der Waals surface area contributed by atoms with Crippen molar-refractivity contribution in [1.82, 2.24) is 9.80 Å². The molecule has 0 saturated carbocycles. The summed E-state index contributed by atoms with van der Waals surface area (Å²) in [6, 6.07) is 0. The van der Waals surface area contributed by atoms with E-state index in [1.165, 1.54) is 97.1 Å². The van der Waals surface area contributed by atoms with Crippen LogP contribution in [0.25, 0.3) is 0 Å². The van der Waals surface area contributed by atoms with Gasteiger partial charge in [0.15, 0.2) is 0 Å². The fourth-order valence-corrected chi connectivity index (χ4v) is 3.88. The van der Waals surface area contributed by atoms with E-state index in [1.807, 2.05) is 0 Å². The molecule has 3 saturated heterocycles. The van der Waals surface area contributed by atoms with Gasteiger partial charge in [-0.3, -0.25) is 14.4 Å². The minimum absolute atomic E-state index is 1.29. The average molecular weight is 264 g/mol. The van der Waals surface area contributed by atoms with Crippen LogP contribution >= 0.6 is 0 Å².